The highest BCUT2D eigenvalue weighted by atomic mass is 16.5. The van der Waals surface area contributed by atoms with Crippen LogP contribution in [-0.4, -0.2) is 37.5 Å². The number of para-hydroxylation sites is 4. The predicted molar refractivity (Wildman–Crippen MR) is 218 cm³/mol. The third kappa shape index (κ3) is 5.96. The van der Waals surface area contributed by atoms with E-state index in [1.165, 1.54) is 0 Å². The van der Waals surface area contributed by atoms with Gasteiger partial charge in [0.1, 0.15) is 0 Å². The molecule has 0 bridgehead atoms. The van der Waals surface area contributed by atoms with E-state index in [1.54, 1.807) is 0 Å². The van der Waals surface area contributed by atoms with E-state index < -0.39 is 14.2 Å². The summed E-state index contributed by atoms with van der Waals surface area (Å²) in [5.74, 6) is 0. The maximum Gasteiger partial charge on any atom is 0.491 e. The Hall–Kier alpha value is -5.63. The lowest BCUT2D eigenvalue weighted by Gasteiger charge is -2.31. The molecule has 8 aromatic rings. The van der Waals surface area contributed by atoms with Crippen LogP contribution in [0, 0.1) is 0 Å². The third-order valence-corrected chi connectivity index (χ3v) is 9.64. The van der Waals surface area contributed by atoms with Gasteiger partial charge in [0.2, 0.25) is 0 Å². The van der Waals surface area contributed by atoms with Crippen molar-refractivity contribution in [1.82, 2.24) is 0 Å². The second-order valence-corrected chi connectivity index (χ2v) is 12.7. The van der Waals surface area contributed by atoms with E-state index in [4.69, 9.17) is 9.31 Å². The maximum atomic E-state index is 11.6. The van der Waals surface area contributed by atoms with Crippen LogP contribution in [0.5, 0.6) is 0 Å². The number of hydrogen-bond acceptors (Lipinski definition) is 6. The van der Waals surface area contributed by atoms with Crippen LogP contribution in [0.1, 0.15) is 13.8 Å². The molecule has 0 aromatic heterocycles. The normalized spacial score (nSPS) is 11.4. The fraction of sp³-hybridized carbons (Fsp3) is 0.0909. The fourth-order valence-electron chi connectivity index (χ4n) is 7.45. The van der Waals surface area contributed by atoms with Crippen LogP contribution in [0.25, 0.3) is 32.3 Å². The summed E-state index contributed by atoms with van der Waals surface area (Å²) in [5.41, 5.74) is 7.04. The minimum Gasteiger partial charge on any atom is -0.423 e. The van der Waals surface area contributed by atoms with Crippen LogP contribution >= 0.6 is 0 Å². The molecule has 0 fully saturated rings. The lowest BCUT2D eigenvalue weighted by Crippen LogP contribution is -2.36. The summed E-state index contributed by atoms with van der Waals surface area (Å²) in [7, 11) is -2.33. The van der Waals surface area contributed by atoms with Gasteiger partial charge >= 0.3 is 14.2 Å². The number of benzene rings is 8. The summed E-state index contributed by atoms with van der Waals surface area (Å²) < 4.78 is 11.8. The first-order chi connectivity index (χ1) is 25.6. The van der Waals surface area contributed by atoms with Crippen molar-refractivity contribution in [1.29, 1.82) is 0 Å². The molecule has 2 N–H and O–H groups in total. The van der Waals surface area contributed by atoms with Crippen LogP contribution in [0.2, 0.25) is 0 Å². The van der Waals surface area contributed by atoms with E-state index in [9.17, 15) is 10.0 Å². The van der Waals surface area contributed by atoms with Gasteiger partial charge in [0.25, 0.3) is 0 Å². The molecular weight excluding hydrogens is 642 g/mol. The Morgan fingerprint density at radius 3 is 1.00 bits per heavy atom. The van der Waals surface area contributed by atoms with Gasteiger partial charge in [-0.1, -0.05) is 97.1 Å². The SMILES string of the molecule is CCOB(O)c1cc(N(c2ccccc2)c2ccccc2)c2ccc3c(B(O)OCC)cc(N(c4ccccc4)c4ccccc4)c4ccc1c2c34. The van der Waals surface area contributed by atoms with Gasteiger partial charge in [0.05, 0.1) is 11.4 Å². The molecule has 8 aromatic carbocycles. The minimum absolute atomic E-state index is 0.345. The molecular formula is C44H38B2N2O4. The van der Waals surface area contributed by atoms with E-state index >= 15 is 0 Å². The van der Waals surface area contributed by atoms with Crippen molar-refractivity contribution in [2.45, 2.75) is 13.8 Å². The van der Waals surface area contributed by atoms with Gasteiger partial charge < -0.3 is 29.2 Å². The summed E-state index contributed by atoms with van der Waals surface area (Å²) >= 11 is 0. The van der Waals surface area contributed by atoms with Gasteiger partial charge in [-0.15, -0.1) is 0 Å². The molecule has 0 amide bonds. The van der Waals surface area contributed by atoms with Crippen LogP contribution in [0.15, 0.2) is 158 Å². The fourth-order valence-corrected chi connectivity index (χ4v) is 7.45. The Morgan fingerprint density at radius 2 is 0.712 bits per heavy atom. The predicted octanol–water partition coefficient (Wildman–Crippen LogP) is 8.97. The van der Waals surface area contributed by atoms with Gasteiger partial charge in [-0.3, -0.25) is 0 Å². The standard InChI is InChI=1S/C44H38B2N2O4/c1-3-51-45(49)39-29-41(47(31-17-9-5-10-18-31)32-19-11-6-12-20-32)37-28-26-36-40(46(50)52-4-2)30-42(38-27-25-35(39)43(37)44(36)38)48(33-21-13-7-14-22-33)34-23-15-8-16-24-34/h5-30,49-50H,3-4H2,1-2H3. The highest BCUT2D eigenvalue weighted by molar-refractivity contribution is 6.66. The summed E-state index contributed by atoms with van der Waals surface area (Å²) in [4.78, 5) is 4.45. The van der Waals surface area contributed by atoms with Crippen LogP contribution in [0.4, 0.5) is 34.1 Å². The minimum atomic E-state index is -1.17. The van der Waals surface area contributed by atoms with E-state index in [0.29, 0.717) is 24.1 Å². The zero-order valence-electron chi connectivity index (χ0n) is 29.2. The molecule has 0 saturated heterocycles. The number of rotatable bonds is 12. The highest BCUT2D eigenvalue weighted by Gasteiger charge is 2.30. The van der Waals surface area contributed by atoms with Crippen molar-refractivity contribution in [2.75, 3.05) is 23.0 Å². The number of anilines is 6. The molecule has 8 heteroatoms. The second-order valence-electron chi connectivity index (χ2n) is 12.7. The smallest absolute Gasteiger partial charge is 0.423 e. The average Bonchev–Trinajstić information content (AvgIpc) is 3.19. The van der Waals surface area contributed by atoms with Crippen LogP contribution in [0.3, 0.4) is 0 Å². The molecule has 0 aliphatic carbocycles. The van der Waals surface area contributed by atoms with Gasteiger partial charge in [0, 0.05) is 46.7 Å². The zero-order chi connectivity index (χ0) is 35.6. The monoisotopic (exact) mass is 680 g/mol. The zero-order valence-corrected chi connectivity index (χ0v) is 29.2. The summed E-state index contributed by atoms with van der Waals surface area (Å²) in [6.07, 6.45) is 0. The van der Waals surface area contributed by atoms with Gasteiger partial charge in [0.15, 0.2) is 0 Å². The Morgan fingerprint density at radius 1 is 0.423 bits per heavy atom. The van der Waals surface area contributed by atoms with Crippen molar-refractivity contribution < 1.29 is 19.4 Å². The molecule has 0 heterocycles. The Bertz CT molecular complexity index is 2180. The summed E-state index contributed by atoms with van der Waals surface area (Å²) in [5, 5.41) is 28.9. The lowest BCUT2D eigenvalue weighted by atomic mass is 9.71. The van der Waals surface area contributed by atoms with E-state index in [0.717, 1.165) is 66.4 Å². The molecule has 52 heavy (non-hydrogen) atoms. The van der Waals surface area contributed by atoms with Gasteiger partial charge in [-0.25, -0.2) is 0 Å². The molecule has 0 spiro atoms. The lowest BCUT2D eigenvalue weighted by molar-refractivity contribution is 0.287. The van der Waals surface area contributed by atoms with Crippen LogP contribution in [-0.2, 0) is 9.31 Å². The summed E-state index contributed by atoms with van der Waals surface area (Å²) in [6.45, 7) is 4.46. The summed E-state index contributed by atoms with van der Waals surface area (Å²) in [6, 6.07) is 53.6. The van der Waals surface area contributed by atoms with Gasteiger partial charge in [-0.05, 0) is 107 Å². The quantitative estimate of drug-likeness (QED) is 0.0993. The van der Waals surface area contributed by atoms with Crippen molar-refractivity contribution in [3.05, 3.63) is 158 Å². The molecule has 0 radical (unpaired) electrons. The molecule has 254 valence electrons. The van der Waals surface area contributed by atoms with Crippen molar-refractivity contribution >= 4 is 91.6 Å². The van der Waals surface area contributed by atoms with E-state index in [1.807, 2.05) is 86.6 Å². The molecule has 0 unspecified atom stereocenters. The molecule has 0 aliphatic heterocycles. The van der Waals surface area contributed by atoms with Crippen molar-refractivity contribution in [3.8, 4) is 0 Å². The Labute approximate surface area is 304 Å². The Balaban J connectivity index is 1.53. The highest BCUT2D eigenvalue weighted by Crippen LogP contribution is 2.46. The first kappa shape index (κ1) is 33.5. The van der Waals surface area contributed by atoms with Crippen molar-refractivity contribution in [2.24, 2.45) is 0 Å². The largest absolute Gasteiger partial charge is 0.491 e. The molecule has 0 aliphatic rings. The van der Waals surface area contributed by atoms with E-state index in [2.05, 4.69) is 94.7 Å². The molecule has 0 atom stereocenters. The van der Waals surface area contributed by atoms with Crippen LogP contribution < -0.4 is 20.7 Å². The van der Waals surface area contributed by atoms with Gasteiger partial charge in [-0.2, -0.15) is 0 Å². The Kier molecular flexibility index (Phi) is 9.37. The molecule has 6 nitrogen and oxygen atoms in total. The van der Waals surface area contributed by atoms with E-state index in [-0.39, 0.29) is 0 Å². The topological polar surface area (TPSA) is 65.4 Å². The molecule has 0 saturated carbocycles. The number of nitrogens with zero attached hydrogens (tertiary/aromatic N) is 2. The first-order valence-electron chi connectivity index (χ1n) is 17.8. The average molecular weight is 680 g/mol. The second kappa shape index (κ2) is 14.5. The first-order valence-corrected chi connectivity index (χ1v) is 17.8. The van der Waals surface area contributed by atoms with Crippen molar-refractivity contribution in [3.63, 3.8) is 0 Å². The molecule has 8 rings (SSSR count). The third-order valence-electron chi connectivity index (χ3n) is 9.64. The number of hydrogen-bond donors (Lipinski definition) is 2. The maximum absolute atomic E-state index is 11.6.